The lowest BCUT2D eigenvalue weighted by Crippen LogP contribution is -2.48. The van der Waals surface area contributed by atoms with E-state index < -0.39 is 0 Å². The van der Waals surface area contributed by atoms with E-state index in [1.54, 1.807) is 0 Å². The highest BCUT2D eigenvalue weighted by atomic mass is 32.1. The number of amides is 1. The molecular formula is C13H25N3OS. The SMILES string of the molecule is CC(C)C(C)C(=O)NC1CCN(CC(N)=S)CC1. The number of carbonyl (C=O) groups is 1. The molecule has 18 heavy (non-hydrogen) atoms. The summed E-state index contributed by atoms with van der Waals surface area (Å²) in [5.74, 6) is 0.650. The number of piperidine rings is 1. The third-order valence-corrected chi connectivity index (χ3v) is 3.86. The molecule has 0 saturated carbocycles. The predicted molar refractivity (Wildman–Crippen MR) is 78.4 cm³/mol. The number of nitrogens with zero attached hydrogens (tertiary/aromatic N) is 1. The molecule has 4 nitrogen and oxygen atoms in total. The van der Waals surface area contributed by atoms with Gasteiger partial charge >= 0.3 is 0 Å². The fourth-order valence-electron chi connectivity index (χ4n) is 2.09. The Morgan fingerprint density at radius 1 is 1.39 bits per heavy atom. The molecule has 1 saturated heterocycles. The average Bonchev–Trinajstić information content (AvgIpc) is 2.29. The second-order valence-corrected chi connectivity index (χ2v) is 6.08. The van der Waals surface area contributed by atoms with Gasteiger partial charge in [0.05, 0.1) is 4.99 Å². The molecule has 1 amide bonds. The lowest BCUT2D eigenvalue weighted by molar-refractivity contribution is -0.126. The maximum absolute atomic E-state index is 11.9. The summed E-state index contributed by atoms with van der Waals surface area (Å²) in [7, 11) is 0. The molecule has 0 radical (unpaired) electrons. The van der Waals surface area contributed by atoms with E-state index in [0.717, 1.165) is 25.9 Å². The Kier molecular flexibility index (Phi) is 6.02. The number of hydrogen-bond donors (Lipinski definition) is 2. The van der Waals surface area contributed by atoms with Crippen LogP contribution in [0.15, 0.2) is 0 Å². The van der Waals surface area contributed by atoms with Crippen molar-refractivity contribution in [3.8, 4) is 0 Å². The first-order valence-electron chi connectivity index (χ1n) is 6.71. The number of carbonyl (C=O) groups excluding carboxylic acids is 1. The van der Waals surface area contributed by atoms with E-state index in [-0.39, 0.29) is 11.8 Å². The summed E-state index contributed by atoms with van der Waals surface area (Å²) in [6.07, 6.45) is 1.97. The van der Waals surface area contributed by atoms with Crippen molar-refractivity contribution >= 4 is 23.1 Å². The first-order chi connectivity index (χ1) is 8.40. The van der Waals surface area contributed by atoms with Crippen LogP contribution in [-0.2, 0) is 4.79 Å². The van der Waals surface area contributed by atoms with Crippen LogP contribution >= 0.6 is 12.2 Å². The summed E-state index contributed by atoms with van der Waals surface area (Å²) >= 11 is 4.90. The molecule has 104 valence electrons. The van der Waals surface area contributed by atoms with Crippen molar-refractivity contribution in [3.63, 3.8) is 0 Å². The fourth-order valence-corrected chi connectivity index (χ4v) is 2.27. The molecule has 1 aliphatic heterocycles. The van der Waals surface area contributed by atoms with Crippen LogP contribution in [0.1, 0.15) is 33.6 Å². The smallest absolute Gasteiger partial charge is 0.223 e. The van der Waals surface area contributed by atoms with Crippen LogP contribution in [-0.4, -0.2) is 41.5 Å². The van der Waals surface area contributed by atoms with Gasteiger partial charge in [-0.3, -0.25) is 9.69 Å². The molecule has 3 N–H and O–H groups in total. The maximum atomic E-state index is 11.9. The van der Waals surface area contributed by atoms with Crippen LogP contribution in [0.25, 0.3) is 0 Å². The molecule has 0 aliphatic carbocycles. The Morgan fingerprint density at radius 2 is 1.94 bits per heavy atom. The van der Waals surface area contributed by atoms with Crippen LogP contribution in [0.5, 0.6) is 0 Å². The first-order valence-corrected chi connectivity index (χ1v) is 7.12. The highest BCUT2D eigenvalue weighted by Crippen LogP contribution is 2.13. The lowest BCUT2D eigenvalue weighted by atomic mass is 9.96. The van der Waals surface area contributed by atoms with Gasteiger partial charge in [0.15, 0.2) is 0 Å². The topological polar surface area (TPSA) is 58.4 Å². The van der Waals surface area contributed by atoms with Crippen molar-refractivity contribution in [2.45, 2.75) is 39.7 Å². The molecule has 1 heterocycles. The standard InChI is InChI=1S/C13H25N3OS/c1-9(2)10(3)13(17)15-11-4-6-16(7-5-11)8-12(14)18/h9-11H,4-8H2,1-3H3,(H2,14,18)(H,15,17). The van der Waals surface area contributed by atoms with Gasteiger partial charge in [-0.2, -0.15) is 0 Å². The highest BCUT2D eigenvalue weighted by Gasteiger charge is 2.23. The lowest BCUT2D eigenvalue weighted by Gasteiger charge is -2.32. The van der Waals surface area contributed by atoms with Gasteiger partial charge < -0.3 is 11.1 Å². The molecule has 0 bridgehead atoms. The number of thiocarbonyl (C=S) groups is 1. The molecule has 0 aromatic rings. The van der Waals surface area contributed by atoms with Crippen molar-refractivity contribution < 1.29 is 4.79 Å². The van der Waals surface area contributed by atoms with Crippen LogP contribution in [0.4, 0.5) is 0 Å². The molecule has 1 atom stereocenters. The molecule has 1 fully saturated rings. The van der Waals surface area contributed by atoms with Gasteiger partial charge in [-0.05, 0) is 18.8 Å². The monoisotopic (exact) mass is 271 g/mol. The van der Waals surface area contributed by atoms with Crippen molar-refractivity contribution in [2.75, 3.05) is 19.6 Å². The van der Waals surface area contributed by atoms with Gasteiger partial charge in [0, 0.05) is 31.6 Å². The Balaban J connectivity index is 2.31. The predicted octanol–water partition coefficient (Wildman–Crippen LogP) is 1.15. The van der Waals surface area contributed by atoms with E-state index in [0.29, 0.717) is 23.5 Å². The molecule has 0 aromatic heterocycles. The molecule has 1 aliphatic rings. The maximum Gasteiger partial charge on any atom is 0.223 e. The number of likely N-dealkylation sites (tertiary alicyclic amines) is 1. The quantitative estimate of drug-likeness (QED) is 0.736. The Labute approximate surface area is 115 Å². The minimum absolute atomic E-state index is 0.0830. The number of rotatable bonds is 5. The summed E-state index contributed by atoms with van der Waals surface area (Å²) in [6.45, 7) is 8.75. The van der Waals surface area contributed by atoms with Crippen LogP contribution in [0.2, 0.25) is 0 Å². The molecule has 1 unspecified atom stereocenters. The van der Waals surface area contributed by atoms with Gasteiger partial charge in [-0.25, -0.2) is 0 Å². The zero-order valence-corrected chi connectivity index (χ0v) is 12.4. The largest absolute Gasteiger partial charge is 0.392 e. The summed E-state index contributed by atoms with van der Waals surface area (Å²) < 4.78 is 0. The van der Waals surface area contributed by atoms with Gasteiger partial charge in [0.25, 0.3) is 0 Å². The minimum atomic E-state index is 0.0830. The summed E-state index contributed by atoms with van der Waals surface area (Å²) in [5, 5.41) is 3.14. The Hall–Kier alpha value is -0.680. The molecular weight excluding hydrogens is 246 g/mol. The number of nitrogens with two attached hydrogens (primary N) is 1. The molecule has 0 aromatic carbocycles. The zero-order chi connectivity index (χ0) is 13.7. The van der Waals surface area contributed by atoms with E-state index in [2.05, 4.69) is 24.1 Å². The van der Waals surface area contributed by atoms with Crippen molar-refractivity contribution in [2.24, 2.45) is 17.6 Å². The molecule has 5 heteroatoms. The van der Waals surface area contributed by atoms with Crippen LogP contribution in [0.3, 0.4) is 0 Å². The number of hydrogen-bond acceptors (Lipinski definition) is 3. The summed E-state index contributed by atoms with van der Waals surface area (Å²) in [4.78, 5) is 14.7. The van der Waals surface area contributed by atoms with E-state index in [1.165, 1.54) is 0 Å². The van der Waals surface area contributed by atoms with E-state index >= 15 is 0 Å². The van der Waals surface area contributed by atoms with Gasteiger partial charge in [-0.1, -0.05) is 33.0 Å². The third-order valence-electron chi connectivity index (χ3n) is 3.73. The van der Waals surface area contributed by atoms with Gasteiger partial charge in [0.2, 0.25) is 5.91 Å². The highest BCUT2D eigenvalue weighted by molar-refractivity contribution is 7.80. The Morgan fingerprint density at radius 3 is 2.39 bits per heavy atom. The normalized spacial score (nSPS) is 19.8. The first kappa shape index (κ1) is 15.4. The molecule has 0 spiro atoms. The summed E-state index contributed by atoms with van der Waals surface area (Å²) in [5.41, 5.74) is 5.53. The number of nitrogens with one attached hydrogen (secondary N) is 1. The summed E-state index contributed by atoms with van der Waals surface area (Å²) in [6, 6.07) is 0.307. The molecule has 1 rings (SSSR count). The van der Waals surface area contributed by atoms with Crippen LogP contribution < -0.4 is 11.1 Å². The minimum Gasteiger partial charge on any atom is -0.392 e. The van der Waals surface area contributed by atoms with E-state index in [9.17, 15) is 4.79 Å². The average molecular weight is 271 g/mol. The second kappa shape index (κ2) is 7.04. The van der Waals surface area contributed by atoms with Crippen LogP contribution in [0, 0.1) is 11.8 Å². The third kappa shape index (κ3) is 4.90. The van der Waals surface area contributed by atoms with Gasteiger partial charge in [0.1, 0.15) is 0 Å². The van der Waals surface area contributed by atoms with Crippen molar-refractivity contribution in [1.29, 1.82) is 0 Å². The second-order valence-electron chi connectivity index (χ2n) is 5.56. The van der Waals surface area contributed by atoms with Gasteiger partial charge in [-0.15, -0.1) is 0 Å². The van der Waals surface area contributed by atoms with Crippen molar-refractivity contribution in [3.05, 3.63) is 0 Å². The fraction of sp³-hybridized carbons (Fsp3) is 0.846. The zero-order valence-electron chi connectivity index (χ0n) is 11.6. The Bertz CT molecular complexity index is 299. The van der Waals surface area contributed by atoms with Crippen molar-refractivity contribution in [1.82, 2.24) is 10.2 Å². The van der Waals surface area contributed by atoms with E-state index in [4.69, 9.17) is 18.0 Å². The van der Waals surface area contributed by atoms with E-state index in [1.807, 2.05) is 6.92 Å².